The molecule has 2 heterocycles. The van der Waals surface area contributed by atoms with Crippen LogP contribution in [0.15, 0.2) is 29.4 Å². The van der Waals surface area contributed by atoms with E-state index in [2.05, 4.69) is 10.2 Å². The van der Waals surface area contributed by atoms with Gasteiger partial charge in [0.2, 0.25) is 0 Å². The van der Waals surface area contributed by atoms with Crippen molar-refractivity contribution in [3.05, 3.63) is 34.9 Å². The van der Waals surface area contributed by atoms with Crippen molar-refractivity contribution in [2.75, 3.05) is 26.2 Å². The molecule has 1 atom stereocenters. The normalized spacial score (nSPS) is 23.8. The molecule has 2 amide bonds. The van der Waals surface area contributed by atoms with Crippen LogP contribution in [-0.4, -0.2) is 53.9 Å². The van der Waals surface area contributed by atoms with Gasteiger partial charge in [0.25, 0.3) is 0 Å². The molecule has 1 aromatic rings. The summed E-state index contributed by atoms with van der Waals surface area (Å²) in [6, 6.07) is 8.13. The summed E-state index contributed by atoms with van der Waals surface area (Å²) in [4.78, 5) is 15.4. The molecule has 29 heavy (non-hydrogen) atoms. The van der Waals surface area contributed by atoms with Crippen LogP contribution < -0.4 is 5.32 Å². The predicted molar refractivity (Wildman–Crippen MR) is 118 cm³/mol. The Morgan fingerprint density at radius 2 is 1.72 bits per heavy atom. The van der Waals surface area contributed by atoms with E-state index in [1.807, 2.05) is 24.3 Å². The van der Waals surface area contributed by atoms with Gasteiger partial charge in [0.05, 0.1) is 12.3 Å². The van der Waals surface area contributed by atoms with E-state index in [-0.39, 0.29) is 11.9 Å². The van der Waals surface area contributed by atoms with Crippen LogP contribution in [0.25, 0.3) is 0 Å². The Labute approximate surface area is 179 Å². The third kappa shape index (κ3) is 5.52. The largest absolute Gasteiger partial charge is 0.338 e. The van der Waals surface area contributed by atoms with Crippen LogP contribution in [0.4, 0.5) is 4.79 Å². The Hall–Kier alpha value is -1.59. The maximum atomic E-state index is 12.9. The van der Waals surface area contributed by atoms with Crippen LogP contribution in [0.3, 0.4) is 0 Å². The Kier molecular flexibility index (Phi) is 7.09. The first kappa shape index (κ1) is 20.7. The second-order valence-corrected chi connectivity index (χ2v) is 9.18. The molecule has 0 bridgehead atoms. The highest BCUT2D eigenvalue weighted by molar-refractivity contribution is 6.30. The number of hydrogen-bond donors (Lipinski definition) is 1. The van der Waals surface area contributed by atoms with Crippen LogP contribution in [0.5, 0.6) is 0 Å². The summed E-state index contributed by atoms with van der Waals surface area (Å²) in [5.41, 5.74) is 2.10. The molecule has 158 valence electrons. The number of halogens is 1. The van der Waals surface area contributed by atoms with Crippen molar-refractivity contribution < 1.29 is 4.79 Å². The Morgan fingerprint density at radius 3 is 2.45 bits per heavy atom. The van der Waals surface area contributed by atoms with E-state index < -0.39 is 0 Å². The van der Waals surface area contributed by atoms with Gasteiger partial charge in [-0.15, -0.1) is 0 Å². The second-order valence-electron chi connectivity index (χ2n) is 8.75. The molecule has 2 fully saturated rings. The number of hydrogen-bond acceptors (Lipinski definition) is 3. The highest BCUT2D eigenvalue weighted by Gasteiger charge is 2.32. The fourth-order valence-corrected chi connectivity index (χ4v) is 4.96. The maximum Gasteiger partial charge on any atom is 0.338 e. The lowest BCUT2D eigenvalue weighted by Crippen LogP contribution is -2.43. The summed E-state index contributed by atoms with van der Waals surface area (Å²) >= 11 is 6.08. The number of nitrogens with zero attached hydrogens (tertiary/aromatic N) is 3. The van der Waals surface area contributed by atoms with Crippen LogP contribution in [0, 0.1) is 5.92 Å². The van der Waals surface area contributed by atoms with E-state index in [0.29, 0.717) is 12.6 Å². The molecular formula is C23H33ClN4O. The van der Waals surface area contributed by atoms with Gasteiger partial charge < -0.3 is 10.2 Å². The molecule has 1 aliphatic carbocycles. The number of hydrazone groups is 1. The number of piperidine rings is 1. The molecule has 0 aromatic heterocycles. The lowest BCUT2D eigenvalue weighted by molar-refractivity contribution is 0.189. The number of likely N-dealkylation sites (tertiary alicyclic amines) is 1. The van der Waals surface area contributed by atoms with Crippen LogP contribution >= 0.6 is 11.6 Å². The van der Waals surface area contributed by atoms with Crippen molar-refractivity contribution in [3.63, 3.8) is 0 Å². The van der Waals surface area contributed by atoms with E-state index in [9.17, 15) is 4.79 Å². The minimum Gasteiger partial charge on any atom is -0.334 e. The third-order valence-corrected chi connectivity index (χ3v) is 6.81. The lowest BCUT2D eigenvalue weighted by Gasteiger charge is -2.28. The monoisotopic (exact) mass is 416 g/mol. The van der Waals surface area contributed by atoms with Crippen molar-refractivity contribution in [1.29, 1.82) is 0 Å². The fraction of sp³-hybridized carbons (Fsp3) is 0.652. The topological polar surface area (TPSA) is 47.9 Å². The van der Waals surface area contributed by atoms with E-state index >= 15 is 0 Å². The van der Waals surface area contributed by atoms with Crippen LogP contribution in [-0.2, 0) is 0 Å². The Bertz CT molecular complexity index is 708. The fourth-order valence-electron chi connectivity index (χ4n) is 4.84. The van der Waals surface area contributed by atoms with Crippen molar-refractivity contribution in [2.45, 2.75) is 63.8 Å². The first-order chi connectivity index (χ1) is 14.2. The first-order valence-corrected chi connectivity index (χ1v) is 11.7. The van der Waals surface area contributed by atoms with E-state index in [1.165, 1.54) is 51.6 Å². The zero-order valence-electron chi connectivity index (χ0n) is 17.3. The molecule has 1 saturated heterocycles. The van der Waals surface area contributed by atoms with Gasteiger partial charge in [-0.2, -0.15) is 5.10 Å². The molecule has 3 aliphatic rings. The molecule has 1 unspecified atom stereocenters. The van der Waals surface area contributed by atoms with Gasteiger partial charge in [-0.05, 0) is 69.4 Å². The molecule has 6 heteroatoms. The number of carbonyl (C=O) groups is 1. The molecule has 1 saturated carbocycles. The molecule has 4 rings (SSSR count). The second kappa shape index (κ2) is 9.94. The van der Waals surface area contributed by atoms with Crippen molar-refractivity contribution >= 4 is 23.3 Å². The molecular weight excluding hydrogens is 384 g/mol. The molecule has 0 radical (unpaired) electrons. The average molecular weight is 417 g/mol. The highest BCUT2D eigenvalue weighted by atomic mass is 35.5. The van der Waals surface area contributed by atoms with Gasteiger partial charge in [-0.1, -0.05) is 49.4 Å². The summed E-state index contributed by atoms with van der Waals surface area (Å²) in [7, 11) is 0. The van der Waals surface area contributed by atoms with Gasteiger partial charge in [-0.25, -0.2) is 9.80 Å². The summed E-state index contributed by atoms with van der Waals surface area (Å²) < 4.78 is 0. The number of benzene rings is 1. The van der Waals surface area contributed by atoms with Gasteiger partial charge in [0.15, 0.2) is 0 Å². The minimum absolute atomic E-state index is 0.0381. The van der Waals surface area contributed by atoms with E-state index in [4.69, 9.17) is 16.7 Å². The zero-order valence-corrected chi connectivity index (χ0v) is 18.0. The number of carbonyl (C=O) groups excluding carboxylic acids is 1. The number of rotatable bonds is 5. The smallest absolute Gasteiger partial charge is 0.334 e. The summed E-state index contributed by atoms with van der Waals surface area (Å²) in [5.74, 6) is 0.273. The van der Waals surface area contributed by atoms with Crippen molar-refractivity contribution in [2.24, 2.45) is 11.0 Å². The van der Waals surface area contributed by atoms with Gasteiger partial charge >= 0.3 is 6.03 Å². The predicted octanol–water partition coefficient (Wildman–Crippen LogP) is 4.89. The molecule has 5 nitrogen and oxygen atoms in total. The summed E-state index contributed by atoms with van der Waals surface area (Å²) in [6.45, 7) is 4.15. The first-order valence-electron chi connectivity index (χ1n) is 11.3. The van der Waals surface area contributed by atoms with Gasteiger partial charge in [0.1, 0.15) is 0 Å². The van der Waals surface area contributed by atoms with Crippen molar-refractivity contribution in [3.8, 4) is 0 Å². The number of amides is 2. The third-order valence-electron chi connectivity index (χ3n) is 6.56. The lowest BCUT2D eigenvalue weighted by atomic mass is 9.94. The molecule has 1 aromatic carbocycles. The quantitative estimate of drug-likeness (QED) is 0.742. The molecule has 2 aliphatic heterocycles. The minimum atomic E-state index is -0.0381. The highest BCUT2D eigenvalue weighted by Crippen LogP contribution is 2.25. The van der Waals surface area contributed by atoms with Crippen molar-refractivity contribution in [1.82, 2.24) is 15.2 Å². The Balaban J connectivity index is 1.43. The SMILES string of the molecule is O=C(NC1CCCCC1)N1CC(CCN2CCCCC2)C(c2ccc(Cl)cc2)=N1. The van der Waals surface area contributed by atoms with Gasteiger partial charge in [0, 0.05) is 17.0 Å². The Morgan fingerprint density at radius 1 is 1.03 bits per heavy atom. The van der Waals surface area contributed by atoms with E-state index in [0.717, 1.165) is 42.1 Å². The summed E-state index contributed by atoms with van der Waals surface area (Å²) in [5, 5.41) is 10.4. The number of urea groups is 1. The summed E-state index contributed by atoms with van der Waals surface area (Å²) in [6.07, 6.45) is 10.9. The standard InChI is InChI=1S/C23H33ClN4O/c24-20-11-9-18(10-12-20)22-19(13-16-27-14-5-2-6-15-27)17-28(26-22)23(29)25-21-7-3-1-4-8-21/h9-12,19,21H,1-8,13-17H2,(H,25,29). The maximum absolute atomic E-state index is 12.9. The van der Waals surface area contributed by atoms with Gasteiger partial charge in [-0.3, -0.25) is 0 Å². The van der Waals surface area contributed by atoms with Crippen LogP contribution in [0.1, 0.15) is 63.4 Å². The number of nitrogens with one attached hydrogen (secondary N) is 1. The zero-order chi connectivity index (χ0) is 20.1. The molecule has 1 N–H and O–H groups in total. The average Bonchev–Trinajstić information content (AvgIpc) is 3.19. The molecule has 0 spiro atoms. The van der Waals surface area contributed by atoms with Crippen LogP contribution in [0.2, 0.25) is 5.02 Å². The van der Waals surface area contributed by atoms with E-state index in [1.54, 1.807) is 5.01 Å².